The number of benzene rings is 1. The van der Waals surface area contributed by atoms with Crippen LogP contribution in [0.3, 0.4) is 0 Å². The lowest BCUT2D eigenvalue weighted by atomic mass is 10.3. The van der Waals surface area contributed by atoms with Crippen LogP contribution in [0.4, 0.5) is 0 Å². The van der Waals surface area contributed by atoms with Crippen LogP contribution < -0.4 is 0 Å². The normalized spacial score (nSPS) is 10.9. The molecule has 0 saturated carbocycles. The van der Waals surface area contributed by atoms with Crippen LogP contribution in [0.25, 0.3) is 10.2 Å². The SMILES string of the molecule is O=C(CSc1nc2ccccc2s1)c1ccco1. The fourth-order valence-electron chi connectivity index (χ4n) is 1.55. The summed E-state index contributed by atoms with van der Waals surface area (Å²) < 4.78 is 7.12. The Labute approximate surface area is 112 Å². The number of thioether (sulfide) groups is 1. The number of rotatable bonds is 4. The molecule has 0 radical (unpaired) electrons. The van der Waals surface area contributed by atoms with Gasteiger partial charge in [0.25, 0.3) is 0 Å². The summed E-state index contributed by atoms with van der Waals surface area (Å²) in [5.74, 6) is 0.751. The number of para-hydroxylation sites is 1. The standard InChI is InChI=1S/C13H9NO2S2/c15-10(11-5-3-7-16-11)8-17-13-14-9-4-1-2-6-12(9)18-13/h1-7H,8H2. The summed E-state index contributed by atoms with van der Waals surface area (Å²) in [6.07, 6.45) is 1.51. The average molecular weight is 275 g/mol. The molecule has 3 aromatic rings. The summed E-state index contributed by atoms with van der Waals surface area (Å²) in [7, 11) is 0. The Morgan fingerprint density at radius 3 is 2.94 bits per heavy atom. The summed E-state index contributed by atoms with van der Waals surface area (Å²) in [5, 5.41) is 0. The molecule has 2 heterocycles. The van der Waals surface area contributed by atoms with Crippen molar-refractivity contribution in [2.24, 2.45) is 0 Å². The van der Waals surface area contributed by atoms with Gasteiger partial charge < -0.3 is 4.42 Å². The van der Waals surface area contributed by atoms with Gasteiger partial charge in [0.1, 0.15) is 0 Å². The number of furan rings is 1. The monoisotopic (exact) mass is 275 g/mol. The number of nitrogens with zero attached hydrogens (tertiary/aromatic N) is 1. The second-order valence-electron chi connectivity index (χ2n) is 3.64. The third-order valence-electron chi connectivity index (χ3n) is 2.40. The molecule has 2 aromatic heterocycles. The minimum absolute atomic E-state index is 0.00995. The van der Waals surface area contributed by atoms with Gasteiger partial charge in [-0.3, -0.25) is 4.79 Å². The average Bonchev–Trinajstić information content (AvgIpc) is 3.04. The second kappa shape index (κ2) is 4.96. The fraction of sp³-hybridized carbons (Fsp3) is 0.0769. The lowest BCUT2D eigenvalue weighted by molar-refractivity contribution is 0.0992. The highest BCUT2D eigenvalue weighted by Crippen LogP contribution is 2.29. The third kappa shape index (κ3) is 2.32. The number of Topliss-reactive ketones (excluding diaryl/α,β-unsaturated/α-hetero) is 1. The van der Waals surface area contributed by atoms with Crippen molar-refractivity contribution in [2.75, 3.05) is 5.75 Å². The Morgan fingerprint density at radius 2 is 2.17 bits per heavy atom. The molecule has 0 saturated heterocycles. The molecule has 0 fully saturated rings. The van der Waals surface area contributed by atoms with E-state index in [1.807, 2.05) is 24.3 Å². The number of thiazole rings is 1. The zero-order chi connectivity index (χ0) is 12.4. The van der Waals surface area contributed by atoms with Gasteiger partial charge in [-0.05, 0) is 24.3 Å². The summed E-state index contributed by atoms with van der Waals surface area (Å²) >= 11 is 3.06. The maximum Gasteiger partial charge on any atom is 0.208 e. The van der Waals surface area contributed by atoms with E-state index in [1.165, 1.54) is 18.0 Å². The van der Waals surface area contributed by atoms with Crippen LogP contribution in [0, 0.1) is 0 Å². The van der Waals surface area contributed by atoms with Crippen LogP contribution in [-0.2, 0) is 0 Å². The molecule has 0 bridgehead atoms. The van der Waals surface area contributed by atoms with E-state index in [4.69, 9.17) is 4.42 Å². The fourth-order valence-corrected chi connectivity index (χ4v) is 3.49. The summed E-state index contributed by atoms with van der Waals surface area (Å²) in [6, 6.07) is 11.4. The highest BCUT2D eigenvalue weighted by Gasteiger charge is 2.11. The molecule has 0 aliphatic heterocycles. The van der Waals surface area contributed by atoms with Crippen LogP contribution >= 0.6 is 23.1 Å². The van der Waals surface area contributed by atoms with Gasteiger partial charge in [-0.1, -0.05) is 23.9 Å². The number of ketones is 1. The van der Waals surface area contributed by atoms with Crippen molar-refractivity contribution >= 4 is 39.1 Å². The van der Waals surface area contributed by atoms with Crippen molar-refractivity contribution in [2.45, 2.75) is 4.34 Å². The molecule has 0 atom stereocenters. The molecule has 0 aliphatic carbocycles. The topological polar surface area (TPSA) is 43.1 Å². The highest BCUT2D eigenvalue weighted by atomic mass is 32.2. The molecular formula is C13H9NO2S2. The van der Waals surface area contributed by atoms with E-state index in [0.29, 0.717) is 11.5 Å². The number of hydrogen-bond acceptors (Lipinski definition) is 5. The zero-order valence-electron chi connectivity index (χ0n) is 9.33. The maximum atomic E-state index is 11.8. The largest absolute Gasteiger partial charge is 0.461 e. The molecule has 0 N–H and O–H groups in total. The molecule has 3 rings (SSSR count). The molecule has 5 heteroatoms. The molecule has 90 valence electrons. The van der Waals surface area contributed by atoms with Gasteiger partial charge in [0.05, 0.1) is 22.2 Å². The molecule has 1 aromatic carbocycles. The first-order valence-electron chi connectivity index (χ1n) is 5.38. The lowest BCUT2D eigenvalue weighted by Gasteiger charge is -1.94. The number of fused-ring (bicyclic) bond motifs is 1. The number of carbonyl (C=O) groups is 1. The van der Waals surface area contributed by atoms with Crippen molar-refractivity contribution < 1.29 is 9.21 Å². The molecule has 0 unspecified atom stereocenters. The Kier molecular flexibility index (Phi) is 3.17. The van der Waals surface area contributed by atoms with Crippen molar-refractivity contribution in [3.8, 4) is 0 Å². The molecule has 18 heavy (non-hydrogen) atoms. The van der Waals surface area contributed by atoms with Crippen LogP contribution in [-0.4, -0.2) is 16.5 Å². The van der Waals surface area contributed by atoms with Gasteiger partial charge in [0.2, 0.25) is 5.78 Å². The number of hydrogen-bond donors (Lipinski definition) is 0. The first-order valence-corrected chi connectivity index (χ1v) is 7.18. The predicted molar refractivity (Wildman–Crippen MR) is 73.4 cm³/mol. The zero-order valence-corrected chi connectivity index (χ0v) is 11.0. The van der Waals surface area contributed by atoms with Crippen molar-refractivity contribution in [1.82, 2.24) is 4.98 Å². The van der Waals surface area contributed by atoms with Crippen LogP contribution in [0.5, 0.6) is 0 Å². The van der Waals surface area contributed by atoms with Gasteiger partial charge in [-0.25, -0.2) is 4.98 Å². The van der Waals surface area contributed by atoms with Gasteiger partial charge >= 0.3 is 0 Å². The number of aromatic nitrogens is 1. The van der Waals surface area contributed by atoms with Crippen LogP contribution in [0.2, 0.25) is 0 Å². The van der Waals surface area contributed by atoms with Gasteiger partial charge in [-0.15, -0.1) is 11.3 Å². The van der Waals surface area contributed by atoms with Crippen LogP contribution in [0.15, 0.2) is 51.4 Å². The van der Waals surface area contributed by atoms with Gasteiger partial charge in [0, 0.05) is 0 Å². The molecular weight excluding hydrogens is 266 g/mol. The molecule has 3 nitrogen and oxygen atoms in total. The van der Waals surface area contributed by atoms with Gasteiger partial charge in [0.15, 0.2) is 10.1 Å². The minimum Gasteiger partial charge on any atom is -0.461 e. The lowest BCUT2D eigenvalue weighted by Crippen LogP contribution is -1.99. The molecule has 0 aliphatic rings. The van der Waals surface area contributed by atoms with Crippen molar-refractivity contribution in [3.63, 3.8) is 0 Å². The summed E-state index contributed by atoms with van der Waals surface area (Å²) in [6.45, 7) is 0. The van der Waals surface area contributed by atoms with E-state index in [0.717, 1.165) is 14.6 Å². The van der Waals surface area contributed by atoms with Crippen molar-refractivity contribution in [3.05, 3.63) is 48.4 Å². The van der Waals surface area contributed by atoms with E-state index in [-0.39, 0.29) is 5.78 Å². The van der Waals surface area contributed by atoms with E-state index < -0.39 is 0 Å². The highest BCUT2D eigenvalue weighted by molar-refractivity contribution is 8.01. The van der Waals surface area contributed by atoms with E-state index in [1.54, 1.807) is 23.5 Å². The minimum atomic E-state index is -0.00995. The summed E-state index contributed by atoms with van der Waals surface area (Å²) in [5.41, 5.74) is 0.982. The predicted octanol–water partition coefficient (Wildman–Crippen LogP) is 3.86. The Hall–Kier alpha value is -1.59. The van der Waals surface area contributed by atoms with Crippen LogP contribution in [0.1, 0.15) is 10.6 Å². The van der Waals surface area contributed by atoms with Crippen molar-refractivity contribution in [1.29, 1.82) is 0 Å². The Bertz CT molecular complexity index is 640. The second-order valence-corrected chi connectivity index (χ2v) is 5.89. The van der Waals surface area contributed by atoms with E-state index in [2.05, 4.69) is 4.98 Å². The smallest absolute Gasteiger partial charge is 0.208 e. The number of carbonyl (C=O) groups excluding carboxylic acids is 1. The Balaban J connectivity index is 1.71. The summed E-state index contributed by atoms with van der Waals surface area (Å²) in [4.78, 5) is 16.2. The first-order chi connectivity index (χ1) is 8.83. The third-order valence-corrected chi connectivity index (χ3v) is 4.58. The Morgan fingerprint density at radius 1 is 1.28 bits per heavy atom. The first kappa shape index (κ1) is 11.5. The van der Waals surface area contributed by atoms with E-state index >= 15 is 0 Å². The maximum absolute atomic E-state index is 11.8. The quantitative estimate of drug-likeness (QED) is 0.535. The van der Waals surface area contributed by atoms with Gasteiger partial charge in [-0.2, -0.15) is 0 Å². The molecule has 0 spiro atoms. The molecule has 0 amide bonds. The van der Waals surface area contributed by atoms with E-state index in [9.17, 15) is 4.79 Å².